The van der Waals surface area contributed by atoms with Crippen molar-refractivity contribution in [1.29, 1.82) is 0 Å². The molecule has 0 radical (unpaired) electrons. The van der Waals surface area contributed by atoms with Crippen LogP contribution >= 0.6 is 0 Å². The Balaban J connectivity index is 2.15. The molecule has 2 N–H and O–H groups in total. The van der Waals surface area contributed by atoms with Crippen LogP contribution in [0, 0.1) is 6.92 Å². The molecule has 8 heteroatoms. The summed E-state index contributed by atoms with van der Waals surface area (Å²) in [5, 5.41) is 2.62. The molecule has 7 nitrogen and oxygen atoms in total. The summed E-state index contributed by atoms with van der Waals surface area (Å²) in [4.78, 5) is 13.7. The van der Waals surface area contributed by atoms with Gasteiger partial charge in [0.15, 0.2) is 0 Å². The molecule has 0 bridgehead atoms. The van der Waals surface area contributed by atoms with Crippen LogP contribution < -0.4 is 10.0 Å². The largest absolute Gasteiger partial charge is 0.373 e. The van der Waals surface area contributed by atoms with Crippen LogP contribution in [0.25, 0.3) is 0 Å². The maximum atomic E-state index is 12.9. The van der Waals surface area contributed by atoms with E-state index in [4.69, 9.17) is 4.74 Å². The molecule has 2 unspecified atom stereocenters. The van der Waals surface area contributed by atoms with Gasteiger partial charge in [0.1, 0.15) is 0 Å². The number of rotatable bonds is 6. The Hall–Kier alpha value is -1.48. The number of ether oxygens (including phenoxy) is 1. The molecule has 1 aromatic rings. The van der Waals surface area contributed by atoms with E-state index in [0.29, 0.717) is 11.3 Å². The molecule has 2 atom stereocenters. The SMILES string of the molecule is CC(=O)Nc1ccc(C)c(S(=O)(=O)NCC(C)(C)N2CC(C)OC(C)C2)c1. The van der Waals surface area contributed by atoms with E-state index in [9.17, 15) is 13.2 Å². The van der Waals surface area contributed by atoms with Crippen LogP contribution in [0.5, 0.6) is 0 Å². The summed E-state index contributed by atoms with van der Waals surface area (Å²) >= 11 is 0. The first-order valence-electron chi connectivity index (χ1n) is 9.19. The van der Waals surface area contributed by atoms with Crippen LogP contribution in [-0.4, -0.2) is 56.6 Å². The van der Waals surface area contributed by atoms with Crippen LogP contribution in [0.2, 0.25) is 0 Å². The quantitative estimate of drug-likeness (QED) is 0.768. The molecule has 0 saturated carbocycles. The molecule has 27 heavy (non-hydrogen) atoms. The van der Waals surface area contributed by atoms with Gasteiger partial charge in [-0.1, -0.05) is 6.07 Å². The number of carbonyl (C=O) groups is 1. The zero-order chi connectivity index (χ0) is 20.4. The third-order valence-electron chi connectivity index (χ3n) is 4.77. The summed E-state index contributed by atoms with van der Waals surface area (Å²) in [7, 11) is -3.71. The number of nitrogens with one attached hydrogen (secondary N) is 2. The lowest BCUT2D eigenvalue weighted by molar-refractivity contribution is -0.114. The lowest BCUT2D eigenvalue weighted by Gasteiger charge is -2.45. The van der Waals surface area contributed by atoms with Gasteiger partial charge in [0.05, 0.1) is 17.1 Å². The van der Waals surface area contributed by atoms with Gasteiger partial charge in [0.2, 0.25) is 15.9 Å². The Kier molecular flexibility index (Phi) is 6.68. The number of sulfonamides is 1. The van der Waals surface area contributed by atoms with Crippen molar-refractivity contribution >= 4 is 21.6 Å². The van der Waals surface area contributed by atoms with E-state index in [1.54, 1.807) is 19.1 Å². The highest BCUT2D eigenvalue weighted by atomic mass is 32.2. The average molecular weight is 398 g/mol. The minimum atomic E-state index is -3.71. The molecule has 1 aliphatic rings. The second kappa shape index (κ2) is 8.26. The molecule has 1 heterocycles. The number of hydrogen-bond donors (Lipinski definition) is 2. The monoisotopic (exact) mass is 397 g/mol. The lowest BCUT2D eigenvalue weighted by Crippen LogP contribution is -2.58. The van der Waals surface area contributed by atoms with Gasteiger partial charge in [-0.2, -0.15) is 0 Å². The zero-order valence-electron chi connectivity index (χ0n) is 17.0. The fourth-order valence-corrected chi connectivity index (χ4v) is 4.78. The van der Waals surface area contributed by atoms with E-state index < -0.39 is 10.0 Å². The number of hydrogen-bond acceptors (Lipinski definition) is 5. The van der Waals surface area contributed by atoms with Gasteiger partial charge in [-0.3, -0.25) is 9.69 Å². The van der Waals surface area contributed by atoms with Gasteiger partial charge in [-0.05, 0) is 52.3 Å². The van der Waals surface area contributed by atoms with Crippen LogP contribution in [0.1, 0.15) is 40.2 Å². The first-order valence-corrected chi connectivity index (χ1v) is 10.7. The highest BCUT2D eigenvalue weighted by Crippen LogP contribution is 2.23. The van der Waals surface area contributed by atoms with E-state index in [-0.39, 0.29) is 35.1 Å². The standard InChI is InChI=1S/C19H31N3O4S/c1-13-7-8-17(21-16(4)23)9-18(13)27(24,25)20-12-19(5,6)22-10-14(2)26-15(3)11-22/h7-9,14-15,20H,10-12H2,1-6H3,(H,21,23). The Morgan fingerprint density at radius 2 is 1.85 bits per heavy atom. The smallest absolute Gasteiger partial charge is 0.240 e. The Labute approximate surface area is 162 Å². The predicted molar refractivity (Wildman–Crippen MR) is 106 cm³/mol. The molecular weight excluding hydrogens is 366 g/mol. The lowest BCUT2D eigenvalue weighted by atomic mass is 10.0. The third kappa shape index (κ3) is 5.75. The molecule has 2 rings (SSSR count). The van der Waals surface area contributed by atoms with Gasteiger partial charge >= 0.3 is 0 Å². The molecule has 0 aromatic heterocycles. The van der Waals surface area contributed by atoms with E-state index in [1.165, 1.54) is 13.0 Å². The Bertz CT molecular complexity index is 782. The van der Waals surface area contributed by atoms with Crippen LogP contribution in [0.15, 0.2) is 23.1 Å². The van der Waals surface area contributed by atoms with Gasteiger partial charge in [0, 0.05) is 37.8 Å². The normalized spacial score (nSPS) is 21.9. The van der Waals surface area contributed by atoms with Crippen molar-refractivity contribution in [2.75, 3.05) is 25.0 Å². The van der Waals surface area contributed by atoms with Gasteiger partial charge in [0.25, 0.3) is 0 Å². The van der Waals surface area contributed by atoms with Crippen molar-refractivity contribution in [2.45, 2.75) is 64.2 Å². The van der Waals surface area contributed by atoms with E-state index in [0.717, 1.165) is 13.1 Å². The summed E-state index contributed by atoms with van der Waals surface area (Å²) < 4.78 is 34.3. The first-order chi connectivity index (χ1) is 12.4. The third-order valence-corrected chi connectivity index (χ3v) is 6.31. The van der Waals surface area contributed by atoms with E-state index in [2.05, 4.69) is 14.9 Å². The molecule has 0 aliphatic carbocycles. The van der Waals surface area contributed by atoms with Crippen molar-refractivity contribution in [3.05, 3.63) is 23.8 Å². The van der Waals surface area contributed by atoms with E-state index >= 15 is 0 Å². The fraction of sp³-hybridized carbons (Fsp3) is 0.632. The summed E-state index contributed by atoms with van der Waals surface area (Å²) in [5.41, 5.74) is 0.731. The maximum absolute atomic E-state index is 12.9. The van der Waals surface area contributed by atoms with Crippen LogP contribution in [0.4, 0.5) is 5.69 Å². The number of anilines is 1. The maximum Gasteiger partial charge on any atom is 0.240 e. The van der Waals surface area contributed by atoms with Crippen LogP contribution in [-0.2, 0) is 19.6 Å². The van der Waals surface area contributed by atoms with Crippen molar-refractivity contribution in [3.8, 4) is 0 Å². The summed E-state index contributed by atoms with van der Waals surface area (Å²) in [5.74, 6) is -0.244. The van der Waals surface area contributed by atoms with Crippen molar-refractivity contribution in [1.82, 2.24) is 9.62 Å². The summed E-state index contributed by atoms with van der Waals surface area (Å²) in [6.07, 6.45) is 0.224. The van der Waals surface area contributed by atoms with Crippen LogP contribution in [0.3, 0.4) is 0 Å². The molecule has 1 saturated heterocycles. The van der Waals surface area contributed by atoms with Gasteiger partial charge < -0.3 is 10.1 Å². The molecule has 0 spiro atoms. The highest BCUT2D eigenvalue weighted by molar-refractivity contribution is 7.89. The Morgan fingerprint density at radius 1 is 1.26 bits per heavy atom. The number of nitrogens with zero attached hydrogens (tertiary/aromatic N) is 1. The molecule has 1 aliphatic heterocycles. The number of aryl methyl sites for hydroxylation is 1. The highest BCUT2D eigenvalue weighted by Gasteiger charge is 2.34. The molecule has 1 aromatic carbocycles. The number of amides is 1. The fourth-order valence-electron chi connectivity index (χ4n) is 3.30. The second-order valence-electron chi connectivity index (χ2n) is 7.96. The molecule has 152 valence electrons. The van der Waals surface area contributed by atoms with Crippen molar-refractivity contribution in [3.63, 3.8) is 0 Å². The zero-order valence-corrected chi connectivity index (χ0v) is 17.8. The minimum absolute atomic E-state index is 0.112. The van der Waals surface area contributed by atoms with Crippen molar-refractivity contribution in [2.24, 2.45) is 0 Å². The topological polar surface area (TPSA) is 87.7 Å². The first kappa shape index (κ1) is 21.8. The van der Waals surface area contributed by atoms with E-state index in [1.807, 2.05) is 27.7 Å². The average Bonchev–Trinajstić information content (AvgIpc) is 2.53. The number of morpholine rings is 1. The van der Waals surface area contributed by atoms with Gasteiger partial charge in [-0.25, -0.2) is 13.1 Å². The second-order valence-corrected chi connectivity index (χ2v) is 9.70. The van der Waals surface area contributed by atoms with Gasteiger partial charge in [-0.15, -0.1) is 0 Å². The molecule has 1 amide bonds. The summed E-state index contributed by atoms with van der Waals surface area (Å²) in [6.45, 7) is 13.0. The minimum Gasteiger partial charge on any atom is -0.373 e. The number of carbonyl (C=O) groups excluding carboxylic acids is 1. The molecular formula is C19H31N3O4S. The Morgan fingerprint density at radius 3 is 2.41 bits per heavy atom. The number of benzene rings is 1. The summed E-state index contributed by atoms with van der Waals surface area (Å²) in [6, 6.07) is 4.87. The predicted octanol–water partition coefficient (Wildman–Crippen LogP) is 2.12. The van der Waals surface area contributed by atoms with Crippen molar-refractivity contribution < 1.29 is 17.9 Å². The molecule has 1 fully saturated rings.